The van der Waals surface area contributed by atoms with Crippen molar-refractivity contribution in [1.82, 2.24) is 0 Å². The minimum atomic E-state index is -0.429. The normalized spacial score (nSPS) is 11.7. The fraction of sp³-hybridized carbons (Fsp3) is 0.312. The van der Waals surface area contributed by atoms with Crippen molar-refractivity contribution in [1.29, 1.82) is 0 Å². The lowest BCUT2D eigenvalue weighted by Gasteiger charge is -2.08. The van der Waals surface area contributed by atoms with Crippen LogP contribution in [0.5, 0.6) is 0 Å². The molecule has 0 aliphatic heterocycles. The van der Waals surface area contributed by atoms with Crippen LogP contribution in [-0.4, -0.2) is 11.5 Å². The number of rotatable bonds is 4. The first-order valence-corrected chi connectivity index (χ1v) is 6.60. The van der Waals surface area contributed by atoms with Gasteiger partial charge in [-0.05, 0) is 31.9 Å². The average Bonchev–Trinajstić information content (AvgIpc) is 2.43. The van der Waals surface area contributed by atoms with Gasteiger partial charge in [0.05, 0.1) is 0 Å². The molecule has 0 aliphatic rings. The molecule has 21 heavy (non-hydrogen) atoms. The van der Waals surface area contributed by atoms with Gasteiger partial charge in [0, 0.05) is 23.9 Å². The van der Waals surface area contributed by atoms with Crippen LogP contribution in [0.2, 0.25) is 0 Å². The molecule has 0 N–H and O–H groups in total. The molecule has 0 bridgehead atoms. The lowest BCUT2D eigenvalue weighted by Crippen LogP contribution is -2.06. The Balaban J connectivity index is 2.41. The Morgan fingerprint density at radius 3 is 2.67 bits per heavy atom. The quantitative estimate of drug-likeness (QED) is 0.492. The van der Waals surface area contributed by atoms with Gasteiger partial charge in [0.15, 0.2) is 5.78 Å². The largest absolute Gasteiger partial charge is 0.422 e. The van der Waals surface area contributed by atoms with E-state index in [-0.39, 0.29) is 18.1 Å². The maximum Gasteiger partial charge on any atom is 0.336 e. The highest BCUT2D eigenvalue weighted by Crippen LogP contribution is 2.23. The van der Waals surface area contributed by atoms with Gasteiger partial charge in [-0.2, -0.15) is 0 Å². The van der Waals surface area contributed by atoms with Crippen molar-refractivity contribution in [3.8, 4) is 0 Å². The first-order chi connectivity index (χ1) is 9.90. The molecule has 0 spiro atoms. The van der Waals surface area contributed by atoms with Crippen LogP contribution >= 0.6 is 0 Å². The summed E-state index contributed by atoms with van der Waals surface area (Å²) in [5.74, 6) is -0.154. The zero-order chi connectivity index (χ0) is 15.6. The fourth-order valence-corrected chi connectivity index (χ4v) is 1.91. The van der Waals surface area contributed by atoms with Gasteiger partial charge < -0.3 is 9.25 Å². The standard InChI is InChI=1S/C16H17NO4/c1-9-5-6-14-13(8-20-17-11(3)12(4)18)7-15(19)21-16(14)10(9)2/h5-7H,8H2,1-4H3/b17-11+. The number of hydrogen-bond acceptors (Lipinski definition) is 5. The minimum absolute atomic E-state index is 0.106. The number of nitrogens with zero attached hydrogens (tertiary/aromatic N) is 1. The number of hydrogen-bond donors (Lipinski definition) is 0. The molecular weight excluding hydrogens is 270 g/mol. The van der Waals surface area contributed by atoms with Crippen LogP contribution in [0.25, 0.3) is 11.0 Å². The van der Waals surface area contributed by atoms with Crippen molar-refractivity contribution in [3.63, 3.8) is 0 Å². The number of fused-ring (bicyclic) bond motifs is 1. The van der Waals surface area contributed by atoms with Crippen LogP contribution in [0, 0.1) is 13.8 Å². The third kappa shape index (κ3) is 3.18. The predicted octanol–water partition coefficient (Wildman–Crippen LogP) is 2.89. The Kier molecular flexibility index (Phi) is 4.21. The summed E-state index contributed by atoms with van der Waals surface area (Å²) in [4.78, 5) is 27.9. The zero-order valence-corrected chi connectivity index (χ0v) is 12.5. The fourth-order valence-electron chi connectivity index (χ4n) is 1.91. The second-order valence-corrected chi connectivity index (χ2v) is 4.98. The monoisotopic (exact) mass is 287 g/mol. The molecule has 0 saturated carbocycles. The second-order valence-electron chi connectivity index (χ2n) is 4.98. The SMILES string of the molecule is CC(=O)/C(C)=N/OCc1cc(=O)oc2c(C)c(C)ccc12. The molecule has 0 aliphatic carbocycles. The molecule has 5 nitrogen and oxygen atoms in total. The summed E-state index contributed by atoms with van der Waals surface area (Å²) in [7, 11) is 0. The van der Waals surface area contributed by atoms with E-state index in [1.807, 2.05) is 26.0 Å². The maximum absolute atomic E-state index is 11.7. The van der Waals surface area contributed by atoms with Crippen LogP contribution in [-0.2, 0) is 16.2 Å². The third-order valence-corrected chi connectivity index (χ3v) is 3.45. The molecule has 0 atom stereocenters. The molecular formula is C16H17NO4. The number of carbonyl (C=O) groups excluding carboxylic acids is 1. The van der Waals surface area contributed by atoms with E-state index in [1.54, 1.807) is 6.92 Å². The van der Waals surface area contributed by atoms with Crippen LogP contribution in [0.3, 0.4) is 0 Å². The smallest absolute Gasteiger partial charge is 0.336 e. The highest BCUT2D eigenvalue weighted by Gasteiger charge is 2.10. The maximum atomic E-state index is 11.7. The van der Waals surface area contributed by atoms with E-state index in [2.05, 4.69) is 5.16 Å². The van der Waals surface area contributed by atoms with Gasteiger partial charge in [-0.15, -0.1) is 0 Å². The number of carbonyl (C=O) groups is 1. The molecule has 0 unspecified atom stereocenters. The van der Waals surface area contributed by atoms with E-state index < -0.39 is 5.63 Å². The molecule has 0 amide bonds. The zero-order valence-electron chi connectivity index (χ0n) is 12.5. The Hall–Kier alpha value is -2.43. The Morgan fingerprint density at radius 2 is 2.00 bits per heavy atom. The van der Waals surface area contributed by atoms with Gasteiger partial charge in [0.2, 0.25) is 0 Å². The summed E-state index contributed by atoms with van der Waals surface area (Å²) >= 11 is 0. The van der Waals surface area contributed by atoms with Gasteiger partial charge in [-0.3, -0.25) is 4.79 Å². The summed E-state index contributed by atoms with van der Waals surface area (Å²) in [6, 6.07) is 5.24. The molecule has 110 valence electrons. The summed E-state index contributed by atoms with van der Waals surface area (Å²) in [6.07, 6.45) is 0. The minimum Gasteiger partial charge on any atom is -0.422 e. The lowest BCUT2D eigenvalue weighted by molar-refractivity contribution is -0.111. The molecule has 5 heteroatoms. The van der Waals surface area contributed by atoms with Gasteiger partial charge in [-0.1, -0.05) is 17.3 Å². The Labute approximate surface area is 122 Å². The first kappa shape index (κ1) is 15.0. The van der Waals surface area contributed by atoms with Gasteiger partial charge in [-0.25, -0.2) is 4.79 Å². The van der Waals surface area contributed by atoms with Crippen molar-refractivity contribution in [3.05, 3.63) is 45.3 Å². The molecule has 1 aromatic heterocycles. The van der Waals surface area contributed by atoms with Crippen molar-refractivity contribution >= 4 is 22.5 Å². The van der Waals surface area contributed by atoms with E-state index in [1.165, 1.54) is 13.0 Å². The van der Waals surface area contributed by atoms with Crippen molar-refractivity contribution in [2.75, 3.05) is 0 Å². The average molecular weight is 287 g/mol. The van der Waals surface area contributed by atoms with E-state index in [4.69, 9.17) is 9.25 Å². The van der Waals surface area contributed by atoms with Crippen LogP contribution < -0.4 is 5.63 Å². The summed E-state index contributed by atoms with van der Waals surface area (Å²) < 4.78 is 5.28. The predicted molar refractivity (Wildman–Crippen MR) is 80.5 cm³/mol. The lowest BCUT2D eigenvalue weighted by atomic mass is 10.0. The van der Waals surface area contributed by atoms with E-state index >= 15 is 0 Å². The Bertz CT molecular complexity index is 787. The number of Topliss-reactive ketones (excluding diaryl/α,β-unsaturated/α-hetero) is 1. The van der Waals surface area contributed by atoms with Crippen LogP contribution in [0.4, 0.5) is 0 Å². The van der Waals surface area contributed by atoms with Gasteiger partial charge >= 0.3 is 5.63 Å². The second kappa shape index (κ2) is 5.91. The Morgan fingerprint density at radius 1 is 1.29 bits per heavy atom. The number of benzene rings is 1. The topological polar surface area (TPSA) is 68.9 Å². The molecule has 1 heterocycles. The van der Waals surface area contributed by atoms with Crippen LogP contribution in [0.1, 0.15) is 30.5 Å². The van der Waals surface area contributed by atoms with Gasteiger partial charge in [0.1, 0.15) is 17.9 Å². The van der Waals surface area contributed by atoms with E-state index in [0.717, 1.165) is 16.5 Å². The third-order valence-electron chi connectivity index (χ3n) is 3.45. The van der Waals surface area contributed by atoms with Crippen molar-refractivity contribution in [2.24, 2.45) is 5.16 Å². The molecule has 0 fully saturated rings. The molecule has 2 aromatic rings. The molecule has 0 saturated heterocycles. The summed E-state index contributed by atoms with van der Waals surface area (Å²) in [5, 5.41) is 4.54. The van der Waals surface area contributed by atoms with Gasteiger partial charge in [0.25, 0.3) is 0 Å². The molecule has 1 aromatic carbocycles. The van der Waals surface area contributed by atoms with E-state index in [9.17, 15) is 9.59 Å². The first-order valence-electron chi connectivity index (χ1n) is 6.60. The number of aryl methyl sites for hydroxylation is 2. The highest BCUT2D eigenvalue weighted by molar-refractivity contribution is 6.37. The number of oxime groups is 1. The van der Waals surface area contributed by atoms with Crippen LogP contribution in [0.15, 0.2) is 32.6 Å². The summed E-state index contributed by atoms with van der Waals surface area (Å²) in [6.45, 7) is 6.96. The summed E-state index contributed by atoms with van der Waals surface area (Å²) in [5.41, 5.74) is 3.08. The number of ketones is 1. The molecule has 0 radical (unpaired) electrons. The highest BCUT2D eigenvalue weighted by atomic mass is 16.6. The van der Waals surface area contributed by atoms with Crippen molar-refractivity contribution in [2.45, 2.75) is 34.3 Å². The van der Waals surface area contributed by atoms with E-state index in [0.29, 0.717) is 11.1 Å². The molecule has 2 rings (SSSR count). The van der Waals surface area contributed by atoms with Crippen molar-refractivity contribution < 1.29 is 14.0 Å².